The number of aryl methyl sites for hydroxylation is 1. The molecule has 1 aliphatic heterocycles. The van der Waals surface area contributed by atoms with Crippen molar-refractivity contribution in [2.75, 3.05) is 16.7 Å². The van der Waals surface area contributed by atoms with E-state index in [1.807, 2.05) is 13.8 Å². The van der Waals surface area contributed by atoms with Crippen molar-refractivity contribution >= 4 is 27.1 Å². The number of halogens is 4. The van der Waals surface area contributed by atoms with Gasteiger partial charge < -0.3 is 15.4 Å². The minimum Gasteiger partial charge on any atom is -0.360 e. The van der Waals surface area contributed by atoms with E-state index in [1.165, 1.54) is 24.1 Å². The molecule has 39 heavy (non-hydrogen) atoms. The van der Waals surface area contributed by atoms with Crippen LogP contribution in [0.4, 0.5) is 28.9 Å². The van der Waals surface area contributed by atoms with Crippen LogP contribution in [-0.4, -0.2) is 36.6 Å². The molecule has 6 nitrogen and oxygen atoms in total. The zero-order valence-corrected chi connectivity index (χ0v) is 25.2. The highest BCUT2D eigenvalue weighted by atomic mass is 31.0. The number of carbonyl (C=O) groups is 1. The van der Waals surface area contributed by atoms with E-state index in [2.05, 4.69) is 44.3 Å². The van der Waals surface area contributed by atoms with Crippen molar-refractivity contribution < 1.29 is 22.4 Å². The predicted octanol–water partition coefficient (Wildman–Crippen LogP) is 6.99. The second kappa shape index (κ2) is 16.1. The Hall–Kier alpha value is -2.29. The lowest BCUT2D eigenvalue weighted by molar-refractivity contribution is -0.151. The largest absolute Gasteiger partial charge is 0.405 e. The molecule has 1 aliphatic rings. The van der Waals surface area contributed by atoms with Crippen molar-refractivity contribution in [1.29, 1.82) is 0 Å². The standard InChI is InChI=1S/C25H33F4N4OP.C2H6.CH5N/c1-5-6-7-16(3)32-23-10-15(2)21(26)12-20(23)18(14-34)11-24(32)22-9-8-19(13-30-22)33(35)31-17(4)25(27,28)29;2*1-2/h8-10,12-14,16-18,24,31H,5-7,11,35H2,1-4H3;1-2H3;2H2,1H3/t16?,17-,18?,24?;;/m0../s1. The third-order valence-corrected chi connectivity index (χ3v) is 7.07. The van der Waals surface area contributed by atoms with E-state index >= 15 is 0 Å². The van der Waals surface area contributed by atoms with Crippen LogP contribution in [0.25, 0.3) is 0 Å². The van der Waals surface area contributed by atoms with Crippen LogP contribution in [0.3, 0.4) is 0 Å². The number of anilines is 2. The number of carbonyl (C=O) groups excluding carboxylic acids is 1. The molecule has 0 saturated heterocycles. The number of nitrogens with zero attached hydrogens (tertiary/aromatic N) is 3. The zero-order chi connectivity index (χ0) is 29.9. The van der Waals surface area contributed by atoms with E-state index < -0.39 is 18.1 Å². The predicted molar refractivity (Wildman–Crippen MR) is 155 cm³/mol. The normalized spacial score (nSPS) is 18.0. The summed E-state index contributed by atoms with van der Waals surface area (Å²) in [6.07, 6.45) is 1.41. The number of alkyl halides is 3. The van der Waals surface area contributed by atoms with Crippen LogP contribution < -0.4 is 20.8 Å². The number of aromatic nitrogens is 1. The van der Waals surface area contributed by atoms with E-state index in [-0.39, 0.29) is 17.9 Å². The molecule has 0 saturated carbocycles. The maximum absolute atomic E-state index is 14.4. The number of rotatable bonds is 9. The lowest BCUT2D eigenvalue weighted by atomic mass is 9.83. The lowest BCUT2D eigenvalue weighted by Gasteiger charge is -2.44. The number of pyridine rings is 1. The number of hydrogen-bond donors (Lipinski definition) is 2. The average Bonchev–Trinajstić information content (AvgIpc) is 2.93. The summed E-state index contributed by atoms with van der Waals surface area (Å²) < 4.78 is 54.4. The molecular weight excluding hydrogens is 529 g/mol. The van der Waals surface area contributed by atoms with Gasteiger partial charge in [0, 0.05) is 17.6 Å². The molecule has 0 fully saturated rings. The third-order valence-electron chi connectivity index (χ3n) is 6.63. The molecule has 4 unspecified atom stereocenters. The first-order valence-electron chi connectivity index (χ1n) is 13.4. The smallest absolute Gasteiger partial charge is 0.360 e. The van der Waals surface area contributed by atoms with Crippen LogP contribution in [0.5, 0.6) is 0 Å². The van der Waals surface area contributed by atoms with Gasteiger partial charge in [-0.25, -0.2) is 9.82 Å². The highest BCUT2D eigenvalue weighted by Gasteiger charge is 2.38. The molecule has 1 aromatic heterocycles. The van der Waals surface area contributed by atoms with Gasteiger partial charge in [-0.05, 0) is 85.4 Å². The second-order valence-electron chi connectivity index (χ2n) is 9.26. The fourth-order valence-corrected chi connectivity index (χ4v) is 4.90. The van der Waals surface area contributed by atoms with Crippen LogP contribution in [0.15, 0.2) is 30.5 Å². The highest BCUT2D eigenvalue weighted by molar-refractivity contribution is 7.18. The van der Waals surface area contributed by atoms with Gasteiger partial charge in [-0.3, -0.25) is 9.76 Å². The van der Waals surface area contributed by atoms with Crippen molar-refractivity contribution in [3.05, 3.63) is 53.1 Å². The number of nitrogens with two attached hydrogens (primary N) is 1. The minimum atomic E-state index is -4.38. The van der Waals surface area contributed by atoms with Gasteiger partial charge in [-0.1, -0.05) is 33.6 Å². The van der Waals surface area contributed by atoms with E-state index in [0.29, 0.717) is 28.9 Å². The number of aldehydes is 1. The fourth-order valence-electron chi connectivity index (χ4n) is 4.52. The number of benzene rings is 1. The van der Waals surface area contributed by atoms with Gasteiger partial charge >= 0.3 is 6.18 Å². The number of hydrazine groups is 1. The summed E-state index contributed by atoms with van der Waals surface area (Å²) in [5, 5.41) is 0. The first-order chi connectivity index (χ1) is 18.5. The Kier molecular flexibility index (Phi) is 14.3. The topological polar surface area (TPSA) is 74.5 Å². The Morgan fingerprint density at radius 2 is 1.90 bits per heavy atom. The Bertz CT molecular complexity index is 1020. The molecule has 220 valence electrons. The first-order valence-corrected chi connectivity index (χ1v) is 13.9. The molecule has 0 aliphatic carbocycles. The van der Waals surface area contributed by atoms with E-state index in [0.717, 1.165) is 38.2 Å². The summed E-state index contributed by atoms with van der Waals surface area (Å²) in [7, 11) is 3.72. The number of fused-ring (bicyclic) bond motifs is 1. The van der Waals surface area contributed by atoms with Gasteiger partial charge in [-0.15, -0.1) is 0 Å². The van der Waals surface area contributed by atoms with Crippen LogP contribution in [0.2, 0.25) is 0 Å². The van der Waals surface area contributed by atoms with Crippen molar-refractivity contribution in [2.24, 2.45) is 5.73 Å². The van der Waals surface area contributed by atoms with Gasteiger partial charge in [-0.2, -0.15) is 13.2 Å². The molecule has 5 atom stereocenters. The molecule has 0 spiro atoms. The summed E-state index contributed by atoms with van der Waals surface area (Å²) in [4.78, 5) is 18.8. The van der Waals surface area contributed by atoms with Crippen LogP contribution in [0.1, 0.15) is 89.1 Å². The third kappa shape index (κ3) is 8.85. The quantitative estimate of drug-likeness (QED) is 0.146. The Labute approximate surface area is 233 Å². The lowest BCUT2D eigenvalue weighted by Crippen LogP contribution is -2.46. The van der Waals surface area contributed by atoms with Gasteiger partial charge in [0.05, 0.1) is 23.6 Å². The zero-order valence-electron chi connectivity index (χ0n) is 24.0. The maximum Gasteiger partial charge on any atom is 0.405 e. The monoisotopic (exact) mass is 573 g/mol. The minimum absolute atomic E-state index is 0.116. The second-order valence-corrected chi connectivity index (χ2v) is 9.77. The molecule has 3 N–H and O–H groups in total. The van der Waals surface area contributed by atoms with Gasteiger partial charge in [0.25, 0.3) is 0 Å². The number of nitrogens with one attached hydrogen (secondary N) is 1. The Morgan fingerprint density at radius 3 is 2.41 bits per heavy atom. The summed E-state index contributed by atoms with van der Waals surface area (Å²) in [6, 6.07) is 4.89. The van der Waals surface area contributed by atoms with Crippen molar-refractivity contribution in [1.82, 2.24) is 10.4 Å². The van der Waals surface area contributed by atoms with Gasteiger partial charge in [0.15, 0.2) is 0 Å². The van der Waals surface area contributed by atoms with Crippen LogP contribution in [-0.2, 0) is 4.79 Å². The Balaban J connectivity index is 0.00000181. The van der Waals surface area contributed by atoms with Crippen molar-refractivity contribution in [3.63, 3.8) is 0 Å². The number of unbranched alkanes of at least 4 members (excludes halogenated alkanes) is 1. The fraction of sp³-hybridized carbons (Fsp3) is 0.571. The molecule has 2 heterocycles. The SMILES string of the molecule is CC.CCCCC(C)N1c2cc(C)c(F)cc2C(C=O)CC1c1ccc(N(P)N[C@@H](C)C(F)(F)F)cn1.CN. The summed E-state index contributed by atoms with van der Waals surface area (Å²) >= 11 is 0. The van der Waals surface area contributed by atoms with Crippen molar-refractivity contribution in [3.8, 4) is 0 Å². The molecule has 1 aromatic carbocycles. The number of hydrogen-bond acceptors (Lipinski definition) is 6. The van der Waals surface area contributed by atoms with E-state index in [1.54, 1.807) is 25.1 Å². The Morgan fingerprint density at radius 1 is 1.26 bits per heavy atom. The van der Waals surface area contributed by atoms with Gasteiger partial charge in [0.1, 0.15) is 18.1 Å². The van der Waals surface area contributed by atoms with Crippen LogP contribution in [0, 0.1) is 12.7 Å². The van der Waals surface area contributed by atoms with E-state index in [9.17, 15) is 22.4 Å². The molecule has 0 bridgehead atoms. The molecule has 0 amide bonds. The molecule has 3 rings (SSSR count). The van der Waals surface area contributed by atoms with Crippen LogP contribution >= 0.6 is 9.39 Å². The van der Waals surface area contributed by atoms with Gasteiger partial charge in [0.2, 0.25) is 0 Å². The van der Waals surface area contributed by atoms with Crippen molar-refractivity contribution in [2.45, 2.75) is 97.4 Å². The molecule has 2 aromatic rings. The van der Waals surface area contributed by atoms with E-state index in [4.69, 9.17) is 0 Å². The maximum atomic E-state index is 14.4. The molecule has 11 heteroatoms. The summed E-state index contributed by atoms with van der Waals surface area (Å²) in [5.74, 6) is -0.812. The molecular formula is C28H44F4N5OP. The summed E-state index contributed by atoms with van der Waals surface area (Å²) in [5.41, 5.74) is 10.0. The summed E-state index contributed by atoms with van der Waals surface area (Å²) in [6.45, 7) is 11.0. The highest BCUT2D eigenvalue weighted by Crippen LogP contribution is 2.46. The average molecular weight is 574 g/mol. The molecule has 0 radical (unpaired) electrons. The first kappa shape index (κ1) is 34.7.